The number of nitrogens with two attached hydrogens (primary N) is 1. The molecule has 1 rings (SSSR count). The summed E-state index contributed by atoms with van der Waals surface area (Å²) in [6, 6.07) is 7.57. The predicted octanol–water partition coefficient (Wildman–Crippen LogP) is 2.02. The molecule has 0 saturated heterocycles. The maximum atomic E-state index is 10.8. The first-order chi connectivity index (χ1) is 6.61. The van der Waals surface area contributed by atoms with Crippen LogP contribution in [-0.2, 0) is 0 Å². The lowest BCUT2D eigenvalue weighted by molar-refractivity contribution is 0.101. The number of ketones is 1. The molecule has 2 N–H and O–H groups in total. The molecule has 0 aliphatic carbocycles. The molecule has 2 nitrogen and oxygen atoms in total. The van der Waals surface area contributed by atoms with Crippen LogP contribution in [0, 0.1) is 19.3 Å². The van der Waals surface area contributed by atoms with Gasteiger partial charge in [-0.2, -0.15) is 0 Å². The molecule has 2 heteroatoms. The van der Waals surface area contributed by atoms with E-state index in [1.54, 1.807) is 6.92 Å². The zero-order chi connectivity index (χ0) is 11.0. The van der Waals surface area contributed by atoms with Crippen LogP contribution in [-0.4, -0.2) is 12.3 Å². The zero-order valence-electron chi connectivity index (χ0n) is 8.58. The highest BCUT2D eigenvalue weighted by Crippen LogP contribution is 2.02. The van der Waals surface area contributed by atoms with Crippen LogP contribution in [0.25, 0.3) is 0 Å². The Bertz CT molecular complexity index is 324. The van der Waals surface area contributed by atoms with Gasteiger partial charge < -0.3 is 5.73 Å². The van der Waals surface area contributed by atoms with E-state index in [2.05, 4.69) is 12.3 Å². The topological polar surface area (TPSA) is 43.1 Å². The van der Waals surface area contributed by atoms with Gasteiger partial charge in [0, 0.05) is 6.99 Å². The van der Waals surface area contributed by atoms with Crippen molar-refractivity contribution < 1.29 is 6.22 Å². The number of hydrogen-bond acceptors (Lipinski definition) is 2. The molecule has 0 fully saturated rings. The Labute approximate surface area is 86.6 Å². The van der Waals surface area contributed by atoms with Gasteiger partial charge >= 0.3 is 0 Å². The molecule has 0 radical (unpaired) electrons. The van der Waals surface area contributed by atoms with Crippen molar-refractivity contribution in [2.24, 2.45) is 5.73 Å². The Kier molecular flexibility index (Phi) is 6.09. The van der Waals surface area contributed by atoms with Crippen LogP contribution in [0.3, 0.4) is 0 Å². The first-order valence-corrected chi connectivity index (χ1v) is 4.33. The maximum Gasteiger partial charge on any atom is 0.159 e. The van der Waals surface area contributed by atoms with E-state index in [-0.39, 0.29) is 7.21 Å². The van der Waals surface area contributed by atoms with E-state index in [9.17, 15) is 4.79 Å². The van der Waals surface area contributed by atoms with Crippen LogP contribution < -0.4 is 5.73 Å². The van der Waals surface area contributed by atoms with Gasteiger partial charge in [0.05, 0.1) is 6.54 Å². The standard InChI is InChI=1S/C9H10O.C3H5N.H2/c1-7-3-5-9(6-4-7)8(2)10;1-2-3-4;/h3-6H,1-2H3;1H,3-4H2;1H. The normalized spacial score (nSPS) is 8.14. The van der Waals surface area contributed by atoms with Gasteiger partial charge in [0.25, 0.3) is 0 Å². The van der Waals surface area contributed by atoms with Crippen molar-refractivity contribution in [1.29, 1.82) is 0 Å². The highest BCUT2D eigenvalue weighted by Gasteiger charge is 1.95. The Morgan fingerprint density at radius 1 is 1.50 bits per heavy atom. The van der Waals surface area contributed by atoms with Crippen molar-refractivity contribution in [1.82, 2.24) is 0 Å². The second kappa shape index (κ2) is 6.88. The van der Waals surface area contributed by atoms with Gasteiger partial charge in [0.2, 0.25) is 0 Å². The summed E-state index contributed by atoms with van der Waals surface area (Å²) in [5.74, 6) is 2.33. The van der Waals surface area contributed by atoms with Gasteiger partial charge in [-0.25, -0.2) is 0 Å². The minimum absolute atomic E-state index is 0. The molecule has 0 amide bonds. The van der Waals surface area contributed by atoms with Gasteiger partial charge in [0.1, 0.15) is 0 Å². The van der Waals surface area contributed by atoms with Crippen molar-refractivity contribution in [3.63, 3.8) is 0 Å². The third-order valence-corrected chi connectivity index (χ3v) is 1.58. The van der Waals surface area contributed by atoms with E-state index in [0.717, 1.165) is 5.56 Å². The van der Waals surface area contributed by atoms with Crippen LogP contribution in [0.4, 0.5) is 0 Å². The summed E-state index contributed by atoms with van der Waals surface area (Å²) in [6.07, 6.45) is 4.65. The summed E-state index contributed by atoms with van der Waals surface area (Å²) in [5.41, 5.74) is 6.76. The monoisotopic (exact) mass is 191 g/mol. The average Bonchev–Trinajstić information content (AvgIpc) is 2.19. The highest BCUT2D eigenvalue weighted by atomic mass is 16.1. The average molecular weight is 191 g/mol. The van der Waals surface area contributed by atoms with Crippen molar-refractivity contribution in [2.45, 2.75) is 13.8 Å². The summed E-state index contributed by atoms with van der Waals surface area (Å²) in [7, 11) is 0. The second-order valence-electron chi connectivity index (χ2n) is 2.83. The number of carbonyl (C=O) groups excluding carboxylic acids is 1. The minimum atomic E-state index is 0. The maximum absolute atomic E-state index is 10.8. The van der Waals surface area contributed by atoms with Crippen molar-refractivity contribution >= 4 is 5.78 Å². The molecule has 0 unspecified atom stereocenters. The Morgan fingerprint density at radius 3 is 2.21 bits per heavy atom. The summed E-state index contributed by atoms with van der Waals surface area (Å²) in [6.45, 7) is 3.93. The second-order valence-corrected chi connectivity index (χ2v) is 2.83. The lowest BCUT2D eigenvalue weighted by atomic mass is 10.1. The minimum Gasteiger partial charge on any atom is -0.320 e. The molecule has 14 heavy (non-hydrogen) atoms. The molecule has 1 aromatic rings. The van der Waals surface area contributed by atoms with Crippen molar-refractivity contribution in [2.75, 3.05) is 6.54 Å². The Balaban J connectivity index is 0. The van der Waals surface area contributed by atoms with Crippen molar-refractivity contribution in [3.05, 3.63) is 35.4 Å². The van der Waals surface area contributed by atoms with Gasteiger partial charge in [-0.3, -0.25) is 4.79 Å². The summed E-state index contributed by atoms with van der Waals surface area (Å²) in [5, 5.41) is 0. The molecule has 0 atom stereocenters. The number of carbonyl (C=O) groups is 1. The number of terminal acetylenes is 1. The molecule has 0 bridgehead atoms. The fourth-order valence-electron chi connectivity index (χ4n) is 0.788. The van der Waals surface area contributed by atoms with Crippen LogP contribution in [0.5, 0.6) is 0 Å². The number of benzene rings is 1. The number of Topliss-reactive ketones (excluding diaryl/α,β-unsaturated/α-hetero) is 1. The fraction of sp³-hybridized carbons (Fsp3) is 0.250. The quantitative estimate of drug-likeness (QED) is 0.545. The molecule has 0 spiro atoms. The van der Waals surface area contributed by atoms with Crippen LogP contribution in [0.2, 0.25) is 0 Å². The van der Waals surface area contributed by atoms with Gasteiger partial charge in [-0.05, 0) is 13.8 Å². The molecule has 1 aromatic carbocycles. The van der Waals surface area contributed by atoms with Gasteiger partial charge in [-0.1, -0.05) is 35.7 Å². The first kappa shape index (κ1) is 12.4. The molecule has 76 valence electrons. The largest absolute Gasteiger partial charge is 0.320 e. The van der Waals surface area contributed by atoms with E-state index >= 15 is 0 Å². The highest BCUT2D eigenvalue weighted by molar-refractivity contribution is 5.93. The third kappa shape index (κ3) is 5.13. The molecule has 0 aliphatic heterocycles. The van der Waals surface area contributed by atoms with E-state index < -0.39 is 0 Å². The number of hydrogen-bond donors (Lipinski definition) is 1. The van der Waals surface area contributed by atoms with Gasteiger partial charge in [0.15, 0.2) is 5.78 Å². The third-order valence-electron chi connectivity index (χ3n) is 1.58. The summed E-state index contributed by atoms with van der Waals surface area (Å²) < 4.78 is 0. The van der Waals surface area contributed by atoms with Crippen LogP contribution >= 0.6 is 0 Å². The Morgan fingerprint density at radius 2 is 1.93 bits per heavy atom. The fourth-order valence-corrected chi connectivity index (χ4v) is 0.788. The predicted molar refractivity (Wildman–Crippen MR) is 61.2 cm³/mol. The van der Waals surface area contributed by atoms with E-state index in [1.165, 1.54) is 5.56 Å². The lowest BCUT2D eigenvalue weighted by Gasteiger charge is -1.93. The lowest BCUT2D eigenvalue weighted by Crippen LogP contribution is -1.91. The smallest absolute Gasteiger partial charge is 0.159 e. The summed E-state index contributed by atoms with van der Waals surface area (Å²) >= 11 is 0. The van der Waals surface area contributed by atoms with Crippen LogP contribution in [0.1, 0.15) is 24.3 Å². The van der Waals surface area contributed by atoms with Gasteiger partial charge in [-0.15, -0.1) is 6.42 Å². The molecule has 0 saturated carbocycles. The number of rotatable bonds is 1. The van der Waals surface area contributed by atoms with E-state index in [1.807, 2.05) is 31.2 Å². The van der Waals surface area contributed by atoms with Crippen molar-refractivity contribution in [3.8, 4) is 12.3 Å². The van der Waals surface area contributed by atoms with E-state index in [4.69, 9.17) is 5.73 Å². The molecular formula is C12H17NO. The SMILES string of the molecule is C#CCN.CC(=O)c1ccc(C)cc1.[HH]. The number of aryl methyl sites for hydroxylation is 1. The van der Waals surface area contributed by atoms with Crippen LogP contribution in [0.15, 0.2) is 24.3 Å². The van der Waals surface area contributed by atoms with E-state index in [0.29, 0.717) is 6.54 Å². The first-order valence-electron chi connectivity index (χ1n) is 4.33. The molecule has 0 aliphatic rings. The molecular weight excluding hydrogens is 174 g/mol. The molecule has 0 heterocycles. The Hall–Kier alpha value is -1.59. The molecule has 0 aromatic heterocycles. The zero-order valence-corrected chi connectivity index (χ0v) is 8.58. The summed E-state index contributed by atoms with van der Waals surface area (Å²) in [4.78, 5) is 10.8.